The van der Waals surface area contributed by atoms with Gasteiger partial charge in [-0.05, 0) is 5.54 Å². The van der Waals surface area contributed by atoms with Crippen LogP contribution in [0.2, 0.25) is 0 Å². The maximum atomic E-state index is 7.33. The minimum atomic E-state index is -4.61. The van der Waals surface area contributed by atoms with Gasteiger partial charge in [-0.25, -0.2) is 0 Å². The van der Waals surface area contributed by atoms with Crippen LogP contribution in [0.4, 0.5) is 0 Å². The molecule has 0 aliphatic carbocycles. The van der Waals surface area contributed by atoms with Gasteiger partial charge in [0.25, 0.3) is 0 Å². The van der Waals surface area contributed by atoms with E-state index in [1.807, 2.05) is 0 Å². The fourth-order valence-electron chi connectivity index (χ4n) is 0. The van der Waals surface area contributed by atoms with E-state index in [1.165, 1.54) is 5.54 Å². The molecular formula is C2H7ClO4Si. The average molecular weight is 159 g/mol. The van der Waals surface area contributed by atoms with Crippen LogP contribution in [0, 0.1) is 0 Å². The SMILES string of the molecule is C=CCl.O[Si](O)(O)O. The van der Waals surface area contributed by atoms with Gasteiger partial charge in [0, 0.05) is 0 Å². The molecule has 0 aromatic rings. The van der Waals surface area contributed by atoms with Crippen LogP contribution in [0.1, 0.15) is 0 Å². The van der Waals surface area contributed by atoms with E-state index in [4.69, 9.17) is 30.8 Å². The van der Waals surface area contributed by atoms with Gasteiger partial charge in [-0.2, -0.15) is 0 Å². The van der Waals surface area contributed by atoms with E-state index in [9.17, 15) is 0 Å². The molecule has 4 nitrogen and oxygen atoms in total. The fourth-order valence-corrected chi connectivity index (χ4v) is 0. The molecule has 0 atom stereocenters. The highest BCUT2D eigenvalue weighted by atomic mass is 35.5. The van der Waals surface area contributed by atoms with Crippen LogP contribution in [0.25, 0.3) is 0 Å². The summed E-state index contributed by atoms with van der Waals surface area (Å²) in [4.78, 5) is 29.3. The lowest BCUT2D eigenvalue weighted by atomic mass is 11.3. The molecule has 0 amide bonds. The molecule has 0 saturated carbocycles. The summed E-state index contributed by atoms with van der Waals surface area (Å²) in [7, 11) is -4.61. The number of halogens is 1. The summed E-state index contributed by atoms with van der Waals surface area (Å²) in [6.45, 7) is 3.13. The Labute approximate surface area is 52.8 Å². The highest BCUT2D eigenvalue weighted by Gasteiger charge is 2.22. The van der Waals surface area contributed by atoms with Gasteiger partial charge < -0.3 is 19.2 Å². The van der Waals surface area contributed by atoms with Gasteiger partial charge in [-0.1, -0.05) is 18.2 Å². The molecule has 8 heavy (non-hydrogen) atoms. The highest BCUT2D eigenvalue weighted by Crippen LogP contribution is 1.67. The Bertz CT molecular complexity index is 53.5. The molecule has 6 heteroatoms. The molecule has 0 aromatic carbocycles. The molecule has 0 aromatic heterocycles. The highest BCUT2D eigenvalue weighted by molar-refractivity contribution is 6.46. The standard InChI is InChI=1S/C2H3Cl.H4O4Si/c1-2-3;1-5(2,3)4/h2H,1H2;1-4H. The van der Waals surface area contributed by atoms with Crippen molar-refractivity contribution in [1.82, 2.24) is 0 Å². The molecular weight excluding hydrogens is 152 g/mol. The Morgan fingerprint density at radius 2 is 1.25 bits per heavy atom. The summed E-state index contributed by atoms with van der Waals surface area (Å²) < 4.78 is 0. The first kappa shape index (κ1) is 11.0. The van der Waals surface area contributed by atoms with Crippen LogP contribution >= 0.6 is 11.6 Å². The zero-order valence-corrected chi connectivity index (χ0v) is 5.71. The molecule has 0 aliphatic rings. The maximum Gasteiger partial charge on any atom is 0.668 e. The van der Waals surface area contributed by atoms with Crippen molar-refractivity contribution in [2.75, 3.05) is 0 Å². The first-order valence-electron chi connectivity index (χ1n) is 1.52. The molecule has 0 spiro atoms. The third-order valence-corrected chi connectivity index (χ3v) is 0. The van der Waals surface area contributed by atoms with Crippen molar-refractivity contribution in [3.05, 3.63) is 12.1 Å². The van der Waals surface area contributed by atoms with Crippen molar-refractivity contribution in [2.24, 2.45) is 0 Å². The summed E-state index contributed by atoms with van der Waals surface area (Å²) in [5.41, 5.74) is 1.22. The fraction of sp³-hybridized carbons (Fsp3) is 0. The molecule has 0 rings (SSSR count). The van der Waals surface area contributed by atoms with Gasteiger partial charge >= 0.3 is 9.05 Å². The Morgan fingerprint density at radius 1 is 1.25 bits per heavy atom. The zero-order valence-electron chi connectivity index (χ0n) is 3.95. The van der Waals surface area contributed by atoms with Crippen LogP contribution in [-0.4, -0.2) is 28.2 Å². The quantitative estimate of drug-likeness (QED) is 0.333. The van der Waals surface area contributed by atoms with E-state index < -0.39 is 9.05 Å². The van der Waals surface area contributed by atoms with E-state index in [0.29, 0.717) is 0 Å². The van der Waals surface area contributed by atoms with Crippen LogP contribution in [0.5, 0.6) is 0 Å². The Balaban J connectivity index is 0. The van der Waals surface area contributed by atoms with Crippen LogP contribution in [0.15, 0.2) is 12.1 Å². The second-order valence-electron chi connectivity index (χ2n) is 0.754. The van der Waals surface area contributed by atoms with Crippen LogP contribution in [0.3, 0.4) is 0 Å². The molecule has 0 unspecified atom stereocenters. The molecule has 0 aliphatic heterocycles. The molecule has 0 radical (unpaired) electrons. The van der Waals surface area contributed by atoms with Gasteiger partial charge in [0.1, 0.15) is 0 Å². The first-order chi connectivity index (χ1) is 3.41. The Morgan fingerprint density at radius 3 is 1.25 bits per heavy atom. The van der Waals surface area contributed by atoms with E-state index in [-0.39, 0.29) is 0 Å². The van der Waals surface area contributed by atoms with E-state index in [2.05, 4.69) is 6.58 Å². The normalized spacial score (nSPS) is 9.12. The van der Waals surface area contributed by atoms with E-state index in [0.717, 1.165) is 0 Å². The molecule has 0 heterocycles. The predicted octanol–water partition coefficient (Wildman–Crippen LogP) is -1.24. The summed E-state index contributed by atoms with van der Waals surface area (Å²) >= 11 is 4.76. The zero-order chi connectivity index (χ0) is 7.21. The summed E-state index contributed by atoms with van der Waals surface area (Å²) in [6, 6.07) is 0. The summed E-state index contributed by atoms with van der Waals surface area (Å²) in [5, 5.41) is 0. The van der Waals surface area contributed by atoms with Gasteiger partial charge in [-0.3, -0.25) is 0 Å². The second-order valence-corrected chi connectivity index (χ2v) is 2.26. The predicted molar refractivity (Wildman–Crippen MR) is 30.7 cm³/mol. The van der Waals surface area contributed by atoms with Crippen LogP contribution in [-0.2, 0) is 0 Å². The minimum absolute atomic E-state index is 1.22. The topological polar surface area (TPSA) is 80.9 Å². The van der Waals surface area contributed by atoms with Gasteiger partial charge in [0.15, 0.2) is 0 Å². The van der Waals surface area contributed by atoms with Crippen molar-refractivity contribution in [1.29, 1.82) is 0 Å². The lowest BCUT2D eigenvalue weighted by molar-refractivity contribution is 0.117. The smallest absolute Gasteiger partial charge is 0.368 e. The summed E-state index contributed by atoms with van der Waals surface area (Å²) in [5.74, 6) is 0. The molecule has 0 saturated heterocycles. The van der Waals surface area contributed by atoms with Gasteiger partial charge in [-0.15, -0.1) is 0 Å². The lowest BCUT2D eigenvalue weighted by Gasteiger charge is -1.91. The third-order valence-electron chi connectivity index (χ3n) is 0. The van der Waals surface area contributed by atoms with Crippen LogP contribution < -0.4 is 0 Å². The summed E-state index contributed by atoms with van der Waals surface area (Å²) in [6.07, 6.45) is 0. The number of rotatable bonds is 0. The monoisotopic (exact) mass is 158 g/mol. The largest absolute Gasteiger partial charge is 0.668 e. The van der Waals surface area contributed by atoms with Gasteiger partial charge in [0.2, 0.25) is 0 Å². The van der Waals surface area contributed by atoms with Gasteiger partial charge in [0.05, 0.1) is 0 Å². The Kier molecular flexibility index (Phi) is 7.16. The second kappa shape index (κ2) is 5.23. The molecule has 50 valence electrons. The van der Waals surface area contributed by atoms with E-state index >= 15 is 0 Å². The van der Waals surface area contributed by atoms with Crippen molar-refractivity contribution in [3.8, 4) is 0 Å². The molecule has 4 N–H and O–H groups in total. The first-order valence-corrected chi connectivity index (χ1v) is 3.75. The van der Waals surface area contributed by atoms with Crippen molar-refractivity contribution >= 4 is 20.6 Å². The molecule has 0 fully saturated rings. The number of hydrogen-bond donors (Lipinski definition) is 4. The lowest BCUT2D eigenvalue weighted by Crippen LogP contribution is -2.33. The maximum absolute atomic E-state index is 7.33. The van der Waals surface area contributed by atoms with Crippen molar-refractivity contribution in [2.45, 2.75) is 0 Å². The molecule has 0 bridgehead atoms. The Hall–Kier alpha value is 0.0869. The van der Waals surface area contributed by atoms with Crippen molar-refractivity contribution in [3.63, 3.8) is 0 Å². The third kappa shape index (κ3) is 20900. The van der Waals surface area contributed by atoms with E-state index in [1.54, 1.807) is 0 Å². The van der Waals surface area contributed by atoms with Crippen molar-refractivity contribution < 1.29 is 19.2 Å². The average Bonchev–Trinajstić information content (AvgIpc) is 1.27. The minimum Gasteiger partial charge on any atom is -0.368 e. The number of hydrogen-bond acceptors (Lipinski definition) is 4.